The number of halogens is 4. The largest absolute Gasteiger partial charge is 0.457 e. The summed E-state index contributed by atoms with van der Waals surface area (Å²) in [7, 11) is 0. The quantitative estimate of drug-likeness (QED) is 0.856. The maximum atomic E-state index is 12.3. The lowest BCUT2D eigenvalue weighted by Gasteiger charge is -2.27. The fourth-order valence-electron chi connectivity index (χ4n) is 1.28. The molecule has 0 N–H and O–H groups in total. The molecule has 0 atom stereocenters. The maximum Gasteiger partial charge on any atom is 0.406 e. The van der Waals surface area contributed by atoms with E-state index in [4.69, 9.17) is 4.42 Å². The van der Waals surface area contributed by atoms with Gasteiger partial charge >= 0.3 is 6.18 Å². The average molecular weight is 314 g/mol. The highest BCUT2D eigenvalue weighted by Crippen LogP contribution is 2.23. The summed E-state index contributed by atoms with van der Waals surface area (Å²) in [5.41, 5.74) is 0.0861. The highest BCUT2D eigenvalue weighted by molar-refractivity contribution is 9.10. The van der Waals surface area contributed by atoms with Crippen molar-refractivity contribution in [2.24, 2.45) is 0 Å². The van der Waals surface area contributed by atoms with Gasteiger partial charge in [-0.3, -0.25) is 4.79 Å². The van der Waals surface area contributed by atoms with Crippen molar-refractivity contribution in [2.75, 3.05) is 6.54 Å². The van der Waals surface area contributed by atoms with Crippen molar-refractivity contribution in [3.8, 4) is 0 Å². The third-order valence-electron chi connectivity index (χ3n) is 2.08. The zero-order valence-corrected chi connectivity index (χ0v) is 10.8. The van der Waals surface area contributed by atoms with Crippen molar-refractivity contribution >= 4 is 21.8 Å². The van der Waals surface area contributed by atoms with Gasteiger partial charge < -0.3 is 9.32 Å². The summed E-state index contributed by atoms with van der Waals surface area (Å²) in [5.74, 6) is -0.710. The van der Waals surface area contributed by atoms with Crippen LogP contribution in [0.15, 0.2) is 21.4 Å². The van der Waals surface area contributed by atoms with Gasteiger partial charge in [0.25, 0.3) is 5.91 Å². The van der Waals surface area contributed by atoms with Crippen LogP contribution in [-0.4, -0.2) is 29.6 Å². The van der Waals surface area contributed by atoms with Gasteiger partial charge in [0.15, 0.2) is 4.67 Å². The van der Waals surface area contributed by atoms with E-state index in [1.807, 2.05) is 0 Å². The van der Waals surface area contributed by atoms with Gasteiger partial charge in [0.05, 0.1) is 11.8 Å². The lowest BCUT2D eigenvalue weighted by atomic mass is 10.2. The Bertz CT molecular complexity index is 401. The standard InChI is InChI=1S/C10H11BrF3NO2/c1-6(2)15(5-10(12,13)14)9(16)7-3-4-17-8(7)11/h3-4,6H,5H2,1-2H3. The summed E-state index contributed by atoms with van der Waals surface area (Å²) in [6, 6.07) is 0.781. The summed E-state index contributed by atoms with van der Waals surface area (Å²) in [5, 5.41) is 0. The zero-order valence-electron chi connectivity index (χ0n) is 9.21. The van der Waals surface area contributed by atoms with Gasteiger partial charge in [-0.25, -0.2) is 0 Å². The molecule has 0 saturated heterocycles. The van der Waals surface area contributed by atoms with Gasteiger partial charge in [-0.05, 0) is 35.8 Å². The van der Waals surface area contributed by atoms with Crippen LogP contribution in [0.5, 0.6) is 0 Å². The summed E-state index contributed by atoms with van der Waals surface area (Å²) in [6.07, 6.45) is -3.18. The first-order valence-corrected chi connectivity index (χ1v) is 5.62. The van der Waals surface area contributed by atoms with Gasteiger partial charge in [0.1, 0.15) is 6.54 Å². The van der Waals surface area contributed by atoms with Gasteiger partial charge in [-0.2, -0.15) is 13.2 Å². The Labute approximate surface area is 105 Å². The molecule has 0 aliphatic rings. The predicted octanol–water partition coefficient (Wildman–Crippen LogP) is 3.46. The lowest BCUT2D eigenvalue weighted by molar-refractivity contribution is -0.143. The molecule has 0 aliphatic carbocycles. The number of carbonyl (C=O) groups excluding carboxylic acids is 1. The number of rotatable bonds is 3. The van der Waals surface area contributed by atoms with Gasteiger partial charge in [0, 0.05) is 6.04 Å². The number of alkyl halides is 3. The molecular formula is C10H11BrF3NO2. The van der Waals surface area contributed by atoms with Crippen molar-refractivity contribution in [1.82, 2.24) is 4.90 Å². The second kappa shape index (κ2) is 5.12. The predicted molar refractivity (Wildman–Crippen MR) is 58.6 cm³/mol. The molecule has 1 amide bonds. The molecule has 96 valence electrons. The molecule has 0 aromatic carbocycles. The summed E-state index contributed by atoms with van der Waals surface area (Å²) >= 11 is 2.97. The van der Waals surface area contributed by atoms with Crippen LogP contribution >= 0.6 is 15.9 Å². The Hall–Kier alpha value is -0.980. The number of amides is 1. The summed E-state index contributed by atoms with van der Waals surface area (Å²) in [6.45, 7) is 1.77. The van der Waals surface area contributed by atoms with Crippen LogP contribution in [0.4, 0.5) is 13.2 Å². The minimum absolute atomic E-state index is 0.0861. The molecule has 7 heteroatoms. The molecule has 0 fully saturated rings. The number of hydrogen-bond acceptors (Lipinski definition) is 2. The van der Waals surface area contributed by atoms with Crippen LogP contribution in [0, 0.1) is 0 Å². The molecule has 1 aromatic rings. The minimum Gasteiger partial charge on any atom is -0.457 e. The highest BCUT2D eigenvalue weighted by Gasteiger charge is 2.35. The van der Waals surface area contributed by atoms with Crippen molar-refractivity contribution in [3.05, 3.63) is 22.6 Å². The Morgan fingerprint density at radius 3 is 2.47 bits per heavy atom. The third kappa shape index (κ3) is 3.76. The maximum absolute atomic E-state index is 12.3. The molecule has 1 heterocycles. The fourth-order valence-corrected chi connectivity index (χ4v) is 1.69. The molecule has 1 rings (SSSR count). The zero-order chi connectivity index (χ0) is 13.2. The summed E-state index contributed by atoms with van der Waals surface area (Å²) < 4.78 is 42.0. The topological polar surface area (TPSA) is 33.5 Å². The van der Waals surface area contributed by atoms with E-state index in [1.165, 1.54) is 26.2 Å². The second-order valence-electron chi connectivity index (χ2n) is 3.75. The van der Waals surface area contributed by atoms with Crippen molar-refractivity contribution in [2.45, 2.75) is 26.1 Å². The Morgan fingerprint density at radius 2 is 2.12 bits per heavy atom. The molecule has 0 radical (unpaired) electrons. The van der Waals surface area contributed by atoms with E-state index in [1.54, 1.807) is 0 Å². The fraction of sp³-hybridized carbons (Fsp3) is 0.500. The number of carbonyl (C=O) groups is 1. The molecular weight excluding hydrogens is 303 g/mol. The van der Waals surface area contributed by atoms with E-state index in [0.717, 1.165) is 4.90 Å². The van der Waals surface area contributed by atoms with Gasteiger partial charge in [0.2, 0.25) is 0 Å². The van der Waals surface area contributed by atoms with E-state index in [0.29, 0.717) is 0 Å². The second-order valence-corrected chi connectivity index (χ2v) is 4.47. The van der Waals surface area contributed by atoms with Crippen LogP contribution in [0.3, 0.4) is 0 Å². The van der Waals surface area contributed by atoms with Crippen molar-refractivity contribution in [1.29, 1.82) is 0 Å². The molecule has 3 nitrogen and oxygen atoms in total. The van der Waals surface area contributed by atoms with E-state index in [2.05, 4.69) is 15.9 Å². The molecule has 0 bridgehead atoms. The molecule has 0 spiro atoms. The van der Waals surface area contributed by atoms with E-state index >= 15 is 0 Å². The van der Waals surface area contributed by atoms with Crippen LogP contribution in [-0.2, 0) is 0 Å². The first kappa shape index (κ1) is 14.1. The van der Waals surface area contributed by atoms with Crippen LogP contribution < -0.4 is 0 Å². The highest BCUT2D eigenvalue weighted by atomic mass is 79.9. The number of furan rings is 1. The first-order chi connectivity index (χ1) is 7.72. The summed E-state index contributed by atoms with van der Waals surface area (Å²) in [4.78, 5) is 12.6. The Morgan fingerprint density at radius 1 is 1.53 bits per heavy atom. The van der Waals surface area contributed by atoms with Gasteiger partial charge in [-0.1, -0.05) is 0 Å². The Balaban J connectivity index is 2.93. The van der Waals surface area contributed by atoms with E-state index in [9.17, 15) is 18.0 Å². The molecule has 17 heavy (non-hydrogen) atoms. The number of nitrogens with zero attached hydrogens (tertiary/aromatic N) is 1. The lowest BCUT2D eigenvalue weighted by Crippen LogP contribution is -2.43. The van der Waals surface area contributed by atoms with E-state index < -0.39 is 24.7 Å². The van der Waals surface area contributed by atoms with Crippen LogP contribution in [0.2, 0.25) is 0 Å². The first-order valence-electron chi connectivity index (χ1n) is 4.83. The van der Waals surface area contributed by atoms with Crippen LogP contribution in [0.1, 0.15) is 24.2 Å². The minimum atomic E-state index is -4.42. The van der Waals surface area contributed by atoms with E-state index in [-0.39, 0.29) is 10.2 Å². The monoisotopic (exact) mass is 313 g/mol. The average Bonchev–Trinajstić information content (AvgIpc) is 2.58. The van der Waals surface area contributed by atoms with Gasteiger partial charge in [-0.15, -0.1) is 0 Å². The molecule has 0 unspecified atom stereocenters. The SMILES string of the molecule is CC(C)N(CC(F)(F)F)C(=O)c1ccoc1Br. The molecule has 1 aromatic heterocycles. The normalized spacial score (nSPS) is 11.9. The number of hydrogen-bond donors (Lipinski definition) is 0. The Kier molecular flexibility index (Phi) is 4.24. The smallest absolute Gasteiger partial charge is 0.406 e. The van der Waals surface area contributed by atoms with Crippen LogP contribution in [0.25, 0.3) is 0 Å². The molecule has 0 aliphatic heterocycles. The van der Waals surface area contributed by atoms with Crippen molar-refractivity contribution < 1.29 is 22.4 Å². The van der Waals surface area contributed by atoms with Crippen molar-refractivity contribution in [3.63, 3.8) is 0 Å². The third-order valence-corrected chi connectivity index (χ3v) is 2.70. The molecule has 0 saturated carbocycles.